The average Bonchev–Trinajstić information content (AvgIpc) is 2.10. The van der Waals surface area contributed by atoms with E-state index in [1.807, 2.05) is 0 Å². The Morgan fingerprint density at radius 3 is 2.23 bits per heavy atom. The van der Waals surface area contributed by atoms with Gasteiger partial charge in [-0.05, 0) is 17.7 Å². The minimum atomic E-state index is -0.0440. The molecule has 0 amide bonds. The van der Waals surface area contributed by atoms with E-state index in [0.29, 0.717) is 15.1 Å². The van der Waals surface area contributed by atoms with Crippen molar-refractivity contribution in [3.63, 3.8) is 0 Å². The molecule has 4 heteroatoms. The molecular formula is C9H8Cl3O. The van der Waals surface area contributed by atoms with Crippen molar-refractivity contribution >= 4 is 34.8 Å². The number of hydrogen-bond donors (Lipinski definition) is 1. The SMILES string of the molecule is C[C](CO)c1cc(Cl)c(Cl)cc1Cl. The van der Waals surface area contributed by atoms with Crippen LogP contribution in [0.15, 0.2) is 12.1 Å². The molecule has 1 nitrogen and oxygen atoms in total. The van der Waals surface area contributed by atoms with Gasteiger partial charge in [0.2, 0.25) is 0 Å². The highest BCUT2D eigenvalue weighted by atomic mass is 35.5. The molecule has 1 radical (unpaired) electrons. The summed E-state index contributed by atoms with van der Waals surface area (Å²) in [5, 5.41) is 10.3. The number of rotatable bonds is 2. The van der Waals surface area contributed by atoms with Crippen molar-refractivity contribution in [3.05, 3.63) is 38.7 Å². The molecule has 0 unspecified atom stereocenters. The monoisotopic (exact) mass is 237 g/mol. The van der Waals surface area contributed by atoms with Crippen molar-refractivity contribution in [1.82, 2.24) is 0 Å². The summed E-state index contributed by atoms with van der Waals surface area (Å²) in [5.41, 5.74) is 0.735. The number of aliphatic hydroxyl groups is 1. The van der Waals surface area contributed by atoms with Gasteiger partial charge in [-0.2, -0.15) is 0 Å². The molecule has 0 aliphatic carbocycles. The van der Waals surface area contributed by atoms with Gasteiger partial charge in [0.15, 0.2) is 0 Å². The van der Waals surface area contributed by atoms with Gasteiger partial charge < -0.3 is 5.11 Å². The average molecular weight is 239 g/mol. The number of benzene rings is 1. The largest absolute Gasteiger partial charge is 0.395 e. The lowest BCUT2D eigenvalue weighted by atomic mass is 10.0. The Labute approximate surface area is 92.2 Å². The second kappa shape index (κ2) is 4.52. The van der Waals surface area contributed by atoms with Gasteiger partial charge in [-0.1, -0.05) is 41.7 Å². The van der Waals surface area contributed by atoms with Crippen molar-refractivity contribution in [3.8, 4) is 0 Å². The van der Waals surface area contributed by atoms with Crippen LogP contribution in [0.3, 0.4) is 0 Å². The second-order valence-electron chi connectivity index (χ2n) is 2.68. The Morgan fingerprint density at radius 1 is 1.15 bits per heavy atom. The molecule has 1 rings (SSSR count). The molecule has 0 fully saturated rings. The highest BCUT2D eigenvalue weighted by Crippen LogP contribution is 2.32. The van der Waals surface area contributed by atoms with Crippen LogP contribution in [0.1, 0.15) is 12.5 Å². The summed E-state index contributed by atoms with van der Waals surface area (Å²) in [5.74, 6) is 0.767. The lowest BCUT2D eigenvalue weighted by Gasteiger charge is -2.10. The highest BCUT2D eigenvalue weighted by Gasteiger charge is 2.11. The Bertz CT molecular complexity index is 312. The zero-order chi connectivity index (χ0) is 10.0. The van der Waals surface area contributed by atoms with Gasteiger partial charge in [0, 0.05) is 10.9 Å². The van der Waals surface area contributed by atoms with Crippen LogP contribution in [-0.4, -0.2) is 11.7 Å². The lowest BCUT2D eigenvalue weighted by molar-refractivity contribution is 0.315. The molecule has 0 saturated heterocycles. The quantitative estimate of drug-likeness (QED) is 0.781. The van der Waals surface area contributed by atoms with Crippen LogP contribution in [0, 0.1) is 5.92 Å². The van der Waals surface area contributed by atoms with E-state index >= 15 is 0 Å². The molecular weight excluding hydrogens is 230 g/mol. The predicted molar refractivity (Wildman–Crippen MR) is 56.6 cm³/mol. The fourth-order valence-electron chi connectivity index (χ4n) is 0.935. The first-order valence-electron chi connectivity index (χ1n) is 3.64. The number of hydrogen-bond acceptors (Lipinski definition) is 1. The minimum Gasteiger partial charge on any atom is -0.395 e. The Hall–Kier alpha value is 0.0500. The van der Waals surface area contributed by atoms with E-state index in [2.05, 4.69) is 0 Å². The first-order chi connectivity index (χ1) is 6.06. The number of aliphatic hydroxyl groups excluding tert-OH is 1. The van der Waals surface area contributed by atoms with Crippen molar-refractivity contribution in [2.24, 2.45) is 0 Å². The van der Waals surface area contributed by atoms with E-state index in [0.717, 1.165) is 11.5 Å². The summed E-state index contributed by atoms with van der Waals surface area (Å²) in [6.07, 6.45) is 0. The van der Waals surface area contributed by atoms with Gasteiger partial charge in [-0.25, -0.2) is 0 Å². The molecule has 0 bridgehead atoms. The Kier molecular flexibility index (Phi) is 3.87. The third kappa shape index (κ3) is 2.50. The van der Waals surface area contributed by atoms with Crippen molar-refractivity contribution in [1.29, 1.82) is 0 Å². The molecule has 1 N–H and O–H groups in total. The van der Waals surface area contributed by atoms with E-state index < -0.39 is 0 Å². The summed E-state index contributed by atoms with van der Waals surface area (Å²) in [6.45, 7) is 1.74. The van der Waals surface area contributed by atoms with Crippen molar-refractivity contribution in [2.45, 2.75) is 6.92 Å². The van der Waals surface area contributed by atoms with Gasteiger partial charge >= 0.3 is 0 Å². The van der Waals surface area contributed by atoms with Crippen LogP contribution in [0.25, 0.3) is 0 Å². The van der Waals surface area contributed by atoms with E-state index in [1.54, 1.807) is 19.1 Å². The van der Waals surface area contributed by atoms with Crippen LogP contribution in [-0.2, 0) is 0 Å². The van der Waals surface area contributed by atoms with E-state index in [1.165, 1.54) is 0 Å². The molecule has 0 aromatic heterocycles. The molecule has 71 valence electrons. The maximum absolute atomic E-state index is 8.90. The smallest absolute Gasteiger partial charge is 0.0607 e. The van der Waals surface area contributed by atoms with Crippen molar-refractivity contribution < 1.29 is 5.11 Å². The predicted octanol–water partition coefficient (Wildman–Crippen LogP) is 3.58. The van der Waals surface area contributed by atoms with E-state index in [-0.39, 0.29) is 6.61 Å². The third-order valence-corrected chi connectivity index (χ3v) is 2.74. The first kappa shape index (κ1) is 11.1. The Balaban J connectivity index is 3.15. The fraction of sp³-hybridized carbons (Fsp3) is 0.222. The normalized spacial score (nSPS) is 10.9. The van der Waals surface area contributed by atoms with Gasteiger partial charge in [0.25, 0.3) is 0 Å². The maximum Gasteiger partial charge on any atom is 0.0607 e. The van der Waals surface area contributed by atoms with Crippen LogP contribution >= 0.6 is 34.8 Å². The van der Waals surface area contributed by atoms with Crippen molar-refractivity contribution in [2.75, 3.05) is 6.61 Å². The van der Waals surface area contributed by atoms with Gasteiger partial charge in [-0.15, -0.1) is 0 Å². The topological polar surface area (TPSA) is 20.2 Å². The van der Waals surface area contributed by atoms with E-state index in [4.69, 9.17) is 39.9 Å². The standard InChI is InChI=1S/C9H8Cl3O/c1-5(4-13)6-2-8(11)9(12)3-7(6)10/h2-3,13H,4H2,1H3. The Morgan fingerprint density at radius 2 is 1.69 bits per heavy atom. The molecule has 0 saturated carbocycles. The summed E-state index contributed by atoms with van der Waals surface area (Å²) >= 11 is 17.4. The molecule has 0 aliphatic rings. The van der Waals surface area contributed by atoms with Gasteiger partial charge in [0.1, 0.15) is 0 Å². The summed E-state index contributed by atoms with van der Waals surface area (Å²) < 4.78 is 0. The van der Waals surface area contributed by atoms with Gasteiger partial charge in [0.05, 0.1) is 16.7 Å². The van der Waals surface area contributed by atoms with Crippen LogP contribution in [0.2, 0.25) is 15.1 Å². The molecule has 0 aliphatic heterocycles. The molecule has 1 aromatic rings. The molecule has 0 spiro atoms. The zero-order valence-electron chi connectivity index (χ0n) is 6.94. The summed E-state index contributed by atoms with van der Waals surface area (Å²) in [4.78, 5) is 0. The van der Waals surface area contributed by atoms with Crippen LogP contribution in [0.4, 0.5) is 0 Å². The maximum atomic E-state index is 8.90. The fourth-order valence-corrected chi connectivity index (χ4v) is 1.64. The molecule has 1 aromatic carbocycles. The number of halogens is 3. The summed E-state index contributed by atoms with van der Waals surface area (Å²) in [6, 6.07) is 3.22. The molecule has 13 heavy (non-hydrogen) atoms. The lowest BCUT2D eigenvalue weighted by Crippen LogP contribution is -2.00. The van der Waals surface area contributed by atoms with E-state index in [9.17, 15) is 0 Å². The summed E-state index contributed by atoms with van der Waals surface area (Å²) in [7, 11) is 0. The van der Waals surface area contributed by atoms with Gasteiger partial charge in [-0.3, -0.25) is 0 Å². The first-order valence-corrected chi connectivity index (χ1v) is 4.78. The van der Waals surface area contributed by atoms with Crippen LogP contribution < -0.4 is 0 Å². The third-order valence-electron chi connectivity index (χ3n) is 1.71. The highest BCUT2D eigenvalue weighted by molar-refractivity contribution is 6.43. The van der Waals surface area contributed by atoms with Crippen LogP contribution in [0.5, 0.6) is 0 Å². The minimum absolute atomic E-state index is 0.0440. The second-order valence-corrected chi connectivity index (χ2v) is 3.91. The molecule has 0 heterocycles. The zero-order valence-corrected chi connectivity index (χ0v) is 9.21. The molecule has 0 atom stereocenters.